The third-order valence-electron chi connectivity index (χ3n) is 7.12. The third-order valence-corrected chi connectivity index (χ3v) is 7.57. The van der Waals surface area contributed by atoms with Gasteiger partial charge in [-0.25, -0.2) is 4.98 Å². The first kappa shape index (κ1) is 32.6. The van der Waals surface area contributed by atoms with Crippen LogP contribution in [0.5, 0.6) is 0 Å². The number of aryl methyl sites for hydroxylation is 1. The lowest BCUT2D eigenvalue weighted by Gasteiger charge is -2.13. The molecule has 0 aliphatic heterocycles. The first-order valence-corrected chi connectivity index (χ1v) is 15.6. The van der Waals surface area contributed by atoms with Crippen LogP contribution in [0.3, 0.4) is 0 Å². The summed E-state index contributed by atoms with van der Waals surface area (Å²) in [6.45, 7) is 7.95. The minimum atomic E-state index is -0.0203. The number of rotatable bonds is 24. The zero-order valence-electron chi connectivity index (χ0n) is 24.3. The van der Waals surface area contributed by atoms with Gasteiger partial charge in [0.1, 0.15) is 5.02 Å². The first-order chi connectivity index (χ1) is 18.6. The van der Waals surface area contributed by atoms with Crippen LogP contribution >= 0.6 is 11.6 Å². The predicted molar refractivity (Wildman–Crippen MR) is 157 cm³/mol. The Balaban J connectivity index is 1.37. The van der Waals surface area contributed by atoms with Crippen molar-refractivity contribution in [1.29, 1.82) is 0 Å². The molecule has 0 radical (unpaired) electrons. The number of unbranched alkanes of at least 4 members (excludes halogenated alkanes) is 13. The van der Waals surface area contributed by atoms with E-state index in [0.717, 1.165) is 25.1 Å². The molecule has 0 aromatic carbocycles. The molecule has 2 heterocycles. The van der Waals surface area contributed by atoms with Crippen molar-refractivity contribution in [1.82, 2.24) is 30.4 Å². The Morgan fingerprint density at radius 3 is 2.13 bits per heavy atom. The van der Waals surface area contributed by atoms with Gasteiger partial charge in [-0.3, -0.25) is 15.2 Å². The van der Waals surface area contributed by atoms with E-state index >= 15 is 0 Å². The lowest BCUT2D eigenvalue weighted by atomic mass is 10.0. The summed E-state index contributed by atoms with van der Waals surface area (Å²) in [5.41, 5.74) is 1.49. The second kappa shape index (κ2) is 20.3. The highest BCUT2D eigenvalue weighted by molar-refractivity contribution is 6.34. The SMILES string of the molecule is CCCCCCCCCCCCCCCCNC(=O)CCCOCNC(CC)c1nc2c(Cl)c(C)[nH]n2n1. The molecule has 0 saturated heterocycles. The molecule has 2 aromatic heterocycles. The fourth-order valence-electron chi connectivity index (χ4n) is 4.69. The second-order valence-corrected chi connectivity index (χ2v) is 10.9. The molecule has 218 valence electrons. The molecule has 2 aromatic rings. The standard InChI is InChI=1S/C29H53ClN6O2/c1-4-6-7-8-9-10-11-12-13-14-15-16-17-18-21-31-26(37)20-19-22-38-23-32-25(5-2)28-33-29-27(30)24(3)34-36(29)35-28/h25,32,34H,4-23H2,1-3H3,(H,31,37). The number of carbonyl (C=O) groups excluding carboxylic acids is 1. The number of aromatic amines is 1. The molecule has 0 fully saturated rings. The molecule has 0 saturated carbocycles. The van der Waals surface area contributed by atoms with Crippen LogP contribution in [-0.4, -0.2) is 45.6 Å². The number of carbonyl (C=O) groups is 1. The van der Waals surface area contributed by atoms with Crippen molar-refractivity contribution >= 4 is 23.2 Å². The Morgan fingerprint density at radius 1 is 0.947 bits per heavy atom. The van der Waals surface area contributed by atoms with Crippen LogP contribution in [0.4, 0.5) is 0 Å². The topological polar surface area (TPSA) is 96.3 Å². The van der Waals surface area contributed by atoms with Gasteiger partial charge in [0.05, 0.1) is 18.5 Å². The summed E-state index contributed by atoms with van der Waals surface area (Å²) in [4.78, 5) is 16.6. The molecule has 0 aliphatic carbocycles. The molecular formula is C29H53ClN6O2. The Labute approximate surface area is 235 Å². The number of H-pyrrole nitrogens is 1. The monoisotopic (exact) mass is 552 g/mol. The fourth-order valence-corrected chi connectivity index (χ4v) is 4.86. The van der Waals surface area contributed by atoms with E-state index < -0.39 is 0 Å². The summed E-state index contributed by atoms with van der Waals surface area (Å²) in [6.07, 6.45) is 20.9. The predicted octanol–water partition coefficient (Wildman–Crippen LogP) is 7.41. The lowest BCUT2D eigenvalue weighted by Crippen LogP contribution is -2.26. The van der Waals surface area contributed by atoms with E-state index in [4.69, 9.17) is 16.3 Å². The highest BCUT2D eigenvalue weighted by Gasteiger charge is 2.18. The van der Waals surface area contributed by atoms with Gasteiger partial charge in [0, 0.05) is 19.6 Å². The highest BCUT2D eigenvalue weighted by atomic mass is 35.5. The zero-order chi connectivity index (χ0) is 27.4. The Kier molecular flexibility index (Phi) is 17.4. The van der Waals surface area contributed by atoms with Crippen molar-refractivity contribution in [3.8, 4) is 0 Å². The van der Waals surface area contributed by atoms with E-state index in [2.05, 4.69) is 39.7 Å². The molecule has 9 heteroatoms. The zero-order valence-corrected chi connectivity index (χ0v) is 25.0. The molecule has 0 bridgehead atoms. The molecular weight excluding hydrogens is 500 g/mol. The van der Waals surface area contributed by atoms with Crippen LogP contribution in [0.1, 0.15) is 141 Å². The minimum Gasteiger partial charge on any atom is -0.366 e. The molecule has 1 atom stereocenters. The maximum Gasteiger partial charge on any atom is 0.220 e. The quantitative estimate of drug-likeness (QED) is 0.0930. The van der Waals surface area contributed by atoms with Crippen LogP contribution in [0.15, 0.2) is 0 Å². The molecule has 2 rings (SSSR count). The fraction of sp³-hybridized carbons (Fsp3) is 0.828. The number of aromatic nitrogens is 4. The van der Waals surface area contributed by atoms with Gasteiger partial charge in [0.15, 0.2) is 11.5 Å². The molecule has 1 amide bonds. The Hall–Kier alpha value is -1.64. The van der Waals surface area contributed by atoms with E-state index in [1.165, 1.54) is 83.5 Å². The summed E-state index contributed by atoms with van der Waals surface area (Å²) in [5.74, 6) is 0.805. The number of nitrogens with zero attached hydrogens (tertiary/aromatic N) is 3. The van der Waals surface area contributed by atoms with Crippen molar-refractivity contribution in [2.75, 3.05) is 19.9 Å². The smallest absolute Gasteiger partial charge is 0.220 e. The number of halogens is 1. The summed E-state index contributed by atoms with van der Waals surface area (Å²) >= 11 is 6.25. The van der Waals surface area contributed by atoms with Gasteiger partial charge in [0.2, 0.25) is 5.91 Å². The maximum absolute atomic E-state index is 12.0. The lowest BCUT2D eigenvalue weighted by molar-refractivity contribution is -0.121. The van der Waals surface area contributed by atoms with Crippen molar-refractivity contribution in [2.24, 2.45) is 0 Å². The van der Waals surface area contributed by atoms with Crippen molar-refractivity contribution < 1.29 is 9.53 Å². The maximum atomic E-state index is 12.0. The van der Waals surface area contributed by atoms with Gasteiger partial charge in [0.25, 0.3) is 0 Å². The Bertz CT molecular complexity index is 884. The van der Waals surface area contributed by atoms with E-state index in [0.29, 0.717) is 42.7 Å². The van der Waals surface area contributed by atoms with Gasteiger partial charge in [-0.05, 0) is 26.2 Å². The summed E-state index contributed by atoms with van der Waals surface area (Å²) < 4.78 is 7.29. The normalized spacial score (nSPS) is 12.4. The average molecular weight is 553 g/mol. The molecule has 38 heavy (non-hydrogen) atoms. The molecule has 1 unspecified atom stereocenters. The van der Waals surface area contributed by atoms with Gasteiger partial charge < -0.3 is 10.1 Å². The van der Waals surface area contributed by atoms with Crippen molar-refractivity contribution in [2.45, 2.75) is 136 Å². The summed E-state index contributed by atoms with van der Waals surface area (Å²) in [6, 6.07) is -0.0203. The van der Waals surface area contributed by atoms with Crippen molar-refractivity contribution in [3.05, 3.63) is 16.5 Å². The van der Waals surface area contributed by atoms with E-state index in [9.17, 15) is 4.79 Å². The highest BCUT2D eigenvalue weighted by Crippen LogP contribution is 2.22. The Morgan fingerprint density at radius 2 is 1.55 bits per heavy atom. The van der Waals surface area contributed by atoms with Crippen LogP contribution in [0, 0.1) is 6.92 Å². The molecule has 0 spiro atoms. The van der Waals surface area contributed by atoms with E-state index in [-0.39, 0.29) is 11.9 Å². The third kappa shape index (κ3) is 12.9. The summed E-state index contributed by atoms with van der Waals surface area (Å²) in [7, 11) is 0. The van der Waals surface area contributed by atoms with E-state index in [1.54, 1.807) is 4.63 Å². The van der Waals surface area contributed by atoms with Gasteiger partial charge in [-0.15, -0.1) is 5.10 Å². The first-order valence-electron chi connectivity index (χ1n) is 15.2. The minimum absolute atomic E-state index is 0.0203. The van der Waals surface area contributed by atoms with E-state index in [1.807, 2.05) is 6.92 Å². The number of fused-ring (bicyclic) bond motifs is 1. The van der Waals surface area contributed by atoms with Crippen LogP contribution < -0.4 is 10.6 Å². The molecule has 3 N–H and O–H groups in total. The number of nitrogens with one attached hydrogen (secondary N) is 3. The number of hydrogen-bond acceptors (Lipinski definition) is 5. The molecule has 0 aliphatic rings. The van der Waals surface area contributed by atoms with Gasteiger partial charge >= 0.3 is 0 Å². The van der Waals surface area contributed by atoms with Crippen LogP contribution in [-0.2, 0) is 9.53 Å². The largest absolute Gasteiger partial charge is 0.366 e. The second-order valence-electron chi connectivity index (χ2n) is 10.5. The van der Waals surface area contributed by atoms with Gasteiger partial charge in [-0.1, -0.05) is 109 Å². The van der Waals surface area contributed by atoms with Crippen LogP contribution in [0.2, 0.25) is 5.02 Å². The summed E-state index contributed by atoms with van der Waals surface area (Å²) in [5, 5.41) is 14.5. The van der Waals surface area contributed by atoms with Crippen LogP contribution in [0.25, 0.3) is 5.65 Å². The van der Waals surface area contributed by atoms with Gasteiger partial charge in [-0.2, -0.15) is 4.63 Å². The number of hydrogen-bond donors (Lipinski definition) is 3. The van der Waals surface area contributed by atoms with Crippen molar-refractivity contribution in [3.63, 3.8) is 0 Å². The molecule has 8 nitrogen and oxygen atoms in total. The number of amides is 1. The number of ether oxygens (including phenoxy) is 1. The average Bonchev–Trinajstić information content (AvgIpc) is 3.44.